The lowest BCUT2D eigenvalue weighted by atomic mass is 10.0. The van der Waals surface area contributed by atoms with Gasteiger partial charge in [0.1, 0.15) is 5.75 Å². The van der Waals surface area contributed by atoms with E-state index in [1.807, 2.05) is 6.07 Å². The number of methoxy groups -OCH3 is 1. The van der Waals surface area contributed by atoms with Gasteiger partial charge in [-0.25, -0.2) is 0 Å². The van der Waals surface area contributed by atoms with Gasteiger partial charge in [0.2, 0.25) is 0 Å². The zero-order valence-electron chi connectivity index (χ0n) is 12.6. The summed E-state index contributed by atoms with van der Waals surface area (Å²) in [5.74, 6) is 0.895. The highest BCUT2D eigenvalue weighted by Crippen LogP contribution is 2.33. The second kappa shape index (κ2) is 6.65. The summed E-state index contributed by atoms with van der Waals surface area (Å²) in [5, 5.41) is 0. The highest BCUT2D eigenvalue weighted by molar-refractivity contribution is 9.10. The topological polar surface area (TPSA) is 41.7 Å². The maximum atomic E-state index is 6.12. The molecule has 2 fully saturated rings. The molecule has 2 unspecified atom stereocenters. The molecule has 2 atom stereocenters. The fraction of sp³-hybridized carbons (Fsp3) is 0.625. The molecular formula is C16H24BrN3O. The van der Waals surface area contributed by atoms with E-state index in [0.29, 0.717) is 6.54 Å². The minimum atomic E-state index is 0.261. The second-order valence-corrected chi connectivity index (χ2v) is 6.82. The molecule has 2 heterocycles. The van der Waals surface area contributed by atoms with Gasteiger partial charge in [-0.2, -0.15) is 0 Å². The van der Waals surface area contributed by atoms with Gasteiger partial charge in [-0.15, -0.1) is 0 Å². The summed E-state index contributed by atoms with van der Waals surface area (Å²) in [4.78, 5) is 5.18. The zero-order chi connectivity index (χ0) is 14.8. The molecule has 2 aliphatic heterocycles. The van der Waals surface area contributed by atoms with Crippen LogP contribution in [-0.4, -0.2) is 55.7 Å². The summed E-state index contributed by atoms with van der Waals surface area (Å²) >= 11 is 3.68. The van der Waals surface area contributed by atoms with Crippen LogP contribution in [0.15, 0.2) is 22.7 Å². The quantitative estimate of drug-likeness (QED) is 0.901. The third-order valence-corrected chi connectivity index (χ3v) is 5.57. The third kappa shape index (κ3) is 3.11. The average Bonchev–Trinajstić information content (AvgIpc) is 2.97. The van der Waals surface area contributed by atoms with Crippen LogP contribution in [0.4, 0.5) is 0 Å². The van der Waals surface area contributed by atoms with E-state index in [1.165, 1.54) is 31.5 Å². The first-order valence-electron chi connectivity index (χ1n) is 7.74. The number of rotatable bonds is 4. The molecule has 116 valence electrons. The van der Waals surface area contributed by atoms with Crippen molar-refractivity contribution >= 4 is 15.9 Å². The molecule has 3 rings (SSSR count). The van der Waals surface area contributed by atoms with Crippen LogP contribution in [0.25, 0.3) is 0 Å². The molecular weight excluding hydrogens is 330 g/mol. The maximum absolute atomic E-state index is 6.12. The molecule has 1 aromatic rings. The van der Waals surface area contributed by atoms with Crippen LogP contribution in [0.2, 0.25) is 0 Å². The van der Waals surface area contributed by atoms with E-state index in [1.54, 1.807) is 7.11 Å². The van der Waals surface area contributed by atoms with Gasteiger partial charge in [-0.05, 0) is 43.1 Å². The SMILES string of the molecule is COc1ccc(Br)c(C(CN)N2CCN3CCCC3C2)c1. The van der Waals surface area contributed by atoms with Crippen LogP contribution in [0.3, 0.4) is 0 Å². The molecule has 2 aliphatic rings. The summed E-state index contributed by atoms with van der Waals surface area (Å²) in [6.07, 6.45) is 2.67. The molecule has 0 bridgehead atoms. The molecule has 0 amide bonds. The highest BCUT2D eigenvalue weighted by Gasteiger charge is 2.34. The van der Waals surface area contributed by atoms with E-state index in [-0.39, 0.29) is 6.04 Å². The number of hydrogen-bond donors (Lipinski definition) is 1. The van der Waals surface area contributed by atoms with Crippen molar-refractivity contribution in [2.24, 2.45) is 5.73 Å². The zero-order valence-corrected chi connectivity index (χ0v) is 14.2. The standard InChI is InChI=1S/C16H24BrN3O/c1-21-13-4-5-15(17)14(9-13)16(10-18)20-8-7-19-6-2-3-12(19)11-20/h4-5,9,12,16H,2-3,6-8,10-11,18H2,1H3. The van der Waals surface area contributed by atoms with Crippen molar-refractivity contribution in [2.45, 2.75) is 24.9 Å². The van der Waals surface area contributed by atoms with E-state index in [2.05, 4.69) is 37.9 Å². The number of piperazine rings is 1. The summed E-state index contributed by atoms with van der Waals surface area (Å²) < 4.78 is 6.49. The van der Waals surface area contributed by atoms with Gasteiger partial charge in [-0.1, -0.05) is 15.9 Å². The van der Waals surface area contributed by atoms with E-state index in [4.69, 9.17) is 10.5 Å². The van der Waals surface area contributed by atoms with Gasteiger partial charge in [0, 0.05) is 42.7 Å². The molecule has 5 heteroatoms. The van der Waals surface area contributed by atoms with Gasteiger partial charge in [-0.3, -0.25) is 9.80 Å². The highest BCUT2D eigenvalue weighted by atomic mass is 79.9. The Balaban J connectivity index is 1.81. The number of benzene rings is 1. The Kier molecular flexibility index (Phi) is 4.84. The Hall–Kier alpha value is -0.620. The van der Waals surface area contributed by atoms with Crippen molar-refractivity contribution in [3.63, 3.8) is 0 Å². The smallest absolute Gasteiger partial charge is 0.119 e. The fourth-order valence-corrected chi connectivity index (χ4v) is 4.19. The van der Waals surface area contributed by atoms with Crippen LogP contribution in [0.1, 0.15) is 24.4 Å². The van der Waals surface area contributed by atoms with E-state index in [0.717, 1.165) is 29.4 Å². The molecule has 1 aromatic carbocycles. The Bertz CT molecular complexity index is 496. The van der Waals surface area contributed by atoms with Gasteiger partial charge < -0.3 is 10.5 Å². The third-order valence-electron chi connectivity index (χ3n) is 4.84. The monoisotopic (exact) mass is 353 g/mol. The van der Waals surface area contributed by atoms with Gasteiger partial charge in [0.05, 0.1) is 7.11 Å². The maximum Gasteiger partial charge on any atom is 0.119 e. The van der Waals surface area contributed by atoms with Crippen molar-refractivity contribution in [3.8, 4) is 5.75 Å². The van der Waals surface area contributed by atoms with Crippen LogP contribution in [0.5, 0.6) is 5.75 Å². The molecule has 0 radical (unpaired) electrons. The lowest BCUT2D eigenvalue weighted by Crippen LogP contribution is -2.52. The minimum Gasteiger partial charge on any atom is -0.497 e. The number of hydrogen-bond acceptors (Lipinski definition) is 4. The van der Waals surface area contributed by atoms with E-state index >= 15 is 0 Å². The molecule has 0 aromatic heterocycles. The van der Waals surface area contributed by atoms with Gasteiger partial charge in [0.15, 0.2) is 0 Å². The lowest BCUT2D eigenvalue weighted by Gasteiger charge is -2.41. The molecule has 0 spiro atoms. The average molecular weight is 354 g/mol. The summed E-state index contributed by atoms with van der Waals surface area (Å²) in [5.41, 5.74) is 7.36. The summed E-state index contributed by atoms with van der Waals surface area (Å²) in [6, 6.07) is 7.14. The normalized spacial score (nSPS) is 24.8. The van der Waals surface area contributed by atoms with Gasteiger partial charge >= 0.3 is 0 Å². The van der Waals surface area contributed by atoms with Crippen LogP contribution in [0, 0.1) is 0 Å². The number of halogens is 1. The molecule has 4 nitrogen and oxygen atoms in total. The predicted octanol–water partition coefficient (Wildman–Crippen LogP) is 2.24. The Morgan fingerprint density at radius 1 is 1.38 bits per heavy atom. The first kappa shape index (κ1) is 15.3. The summed E-state index contributed by atoms with van der Waals surface area (Å²) in [7, 11) is 1.71. The number of ether oxygens (including phenoxy) is 1. The van der Waals surface area contributed by atoms with Crippen molar-refractivity contribution in [1.29, 1.82) is 0 Å². The molecule has 2 saturated heterocycles. The molecule has 0 aliphatic carbocycles. The van der Waals surface area contributed by atoms with Crippen LogP contribution < -0.4 is 10.5 Å². The number of fused-ring (bicyclic) bond motifs is 1. The largest absolute Gasteiger partial charge is 0.497 e. The van der Waals surface area contributed by atoms with Crippen molar-refractivity contribution in [3.05, 3.63) is 28.2 Å². The van der Waals surface area contributed by atoms with Crippen LogP contribution in [-0.2, 0) is 0 Å². The predicted molar refractivity (Wildman–Crippen MR) is 88.7 cm³/mol. The van der Waals surface area contributed by atoms with Crippen molar-refractivity contribution < 1.29 is 4.74 Å². The van der Waals surface area contributed by atoms with E-state index in [9.17, 15) is 0 Å². The minimum absolute atomic E-state index is 0.261. The molecule has 2 N–H and O–H groups in total. The van der Waals surface area contributed by atoms with Crippen LogP contribution >= 0.6 is 15.9 Å². The van der Waals surface area contributed by atoms with Gasteiger partial charge in [0.25, 0.3) is 0 Å². The first-order chi connectivity index (χ1) is 10.2. The Morgan fingerprint density at radius 2 is 2.24 bits per heavy atom. The van der Waals surface area contributed by atoms with Crippen molar-refractivity contribution in [2.75, 3.05) is 39.8 Å². The van der Waals surface area contributed by atoms with E-state index < -0.39 is 0 Å². The second-order valence-electron chi connectivity index (χ2n) is 5.97. The first-order valence-corrected chi connectivity index (χ1v) is 8.54. The number of nitrogens with zero attached hydrogens (tertiary/aromatic N) is 2. The molecule has 0 saturated carbocycles. The molecule has 21 heavy (non-hydrogen) atoms. The lowest BCUT2D eigenvalue weighted by molar-refractivity contribution is 0.0734. The Morgan fingerprint density at radius 3 is 3.00 bits per heavy atom. The fourth-order valence-electron chi connectivity index (χ4n) is 3.68. The van der Waals surface area contributed by atoms with Crippen molar-refractivity contribution in [1.82, 2.24) is 9.80 Å². The summed E-state index contributed by atoms with van der Waals surface area (Å²) in [6.45, 7) is 5.31. The number of nitrogens with two attached hydrogens (primary N) is 1. The Labute approximate surface area is 135 Å².